The number of para-hydroxylation sites is 1. The lowest BCUT2D eigenvalue weighted by Crippen LogP contribution is -2.51. The van der Waals surface area contributed by atoms with Gasteiger partial charge < -0.3 is 19.7 Å². The number of carbonyl (C=O) groups excluding carboxylic acids is 1. The topological polar surface area (TPSA) is 50.8 Å². The van der Waals surface area contributed by atoms with Gasteiger partial charge in [0.25, 0.3) is 0 Å². The molecule has 142 valence electrons. The van der Waals surface area contributed by atoms with Gasteiger partial charge in [0.2, 0.25) is 0 Å². The van der Waals surface area contributed by atoms with Crippen molar-refractivity contribution >= 4 is 6.03 Å². The summed E-state index contributed by atoms with van der Waals surface area (Å²) in [7, 11) is 0. The SMILES string of the molecule is Cc1cccc2c1OCC[C@H]2NC(=O)N1CCOC(Cc2ccccc2)C1. The van der Waals surface area contributed by atoms with Crippen LogP contribution in [0.25, 0.3) is 0 Å². The van der Waals surface area contributed by atoms with Crippen LogP contribution in [0.3, 0.4) is 0 Å². The fourth-order valence-electron chi connectivity index (χ4n) is 3.88. The van der Waals surface area contributed by atoms with Gasteiger partial charge in [0.15, 0.2) is 0 Å². The number of nitrogens with zero attached hydrogens (tertiary/aromatic N) is 1. The summed E-state index contributed by atoms with van der Waals surface area (Å²) in [4.78, 5) is 14.8. The molecule has 2 aliphatic heterocycles. The number of ether oxygens (including phenoxy) is 2. The maximum atomic E-state index is 12.9. The molecule has 0 aliphatic carbocycles. The first-order valence-corrected chi connectivity index (χ1v) is 9.64. The van der Waals surface area contributed by atoms with E-state index in [1.54, 1.807) is 0 Å². The molecule has 5 heteroatoms. The van der Waals surface area contributed by atoms with Crippen LogP contribution in [0.2, 0.25) is 0 Å². The van der Waals surface area contributed by atoms with E-state index in [2.05, 4.69) is 17.4 Å². The molecule has 0 aromatic heterocycles. The fourth-order valence-corrected chi connectivity index (χ4v) is 3.88. The smallest absolute Gasteiger partial charge is 0.318 e. The lowest BCUT2D eigenvalue weighted by molar-refractivity contribution is -0.0138. The number of benzene rings is 2. The number of fused-ring (bicyclic) bond motifs is 1. The van der Waals surface area contributed by atoms with Crippen LogP contribution >= 0.6 is 0 Å². The zero-order valence-electron chi connectivity index (χ0n) is 15.7. The lowest BCUT2D eigenvalue weighted by Gasteiger charge is -2.35. The summed E-state index contributed by atoms with van der Waals surface area (Å²) in [6, 6.07) is 16.4. The van der Waals surface area contributed by atoms with Crippen LogP contribution < -0.4 is 10.1 Å². The molecule has 1 unspecified atom stereocenters. The van der Waals surface area contributed by atoms with E-state index >= 15 is 0 Å². The van der Waals surface area contributed by atoms with Crippen molar-refractivity contribution in [3.8, 4) is 5.75 Å². The van der Waals surface area contributed by atoms with E-state index in [-0.39, 0.29) is 18.2 Å². The Bertz CT molecular complexity index is 793. The summed E-state index contributed by atoms with van der Waals surface area (Å²) in [5.74, 6) is 0.915. The molecule has 27 heavy (non-hydrogen) atoms. The molecule has 2 amide bonds. The van der Waals surface area contributed by atoms with E-state index in [4.69, 9.17) is 9.47 Å². The van der Waals surface area contributed by atoms with Crippen molar-refractivity contribution in [3.05, 3.63) is 65.2 Å². The third-order valence-corrected chi connectivity index (χ3v) is 5.30. The fraction of sp³-hybridized carbons (Fsp3) is 0.409. The zero-order chi connectivity index (χ0) is 18.6. The number of hydrogen-bond acceptors (Lipinski definition) is 3. The normalized spacial score (nSPS) is 21.9. The summed E-state index contributed by atoms with van der Waals surface area (Å²) in [6.07, 6.45) is 1.65. The highest BCUT2D eigenvalue weighted by Gasteiger charge is 2.29. The van der Waals surface area contributed by atoms with Gasteiger partial charge in [0.1, 0.15) is 5.75 Å². The van der Waals surface area contributed by atoms with Crippen LogP contribution in [0.4, 0.5) is 4.79 Å². The molecular formula is C22H26N2O3. The van der Waals surface area contributed by atoms with Crippen LogP contribution in [0.15, 0.2) is 48.5 Å². The summed E-state index contributed by atoms with van der Waals surface area (Å²) in [5.41, 5.74) is 3.42. The molecule has 2 aromatic rings. The van der Waals surface area contributed by atoms with Crippen LogP contribution in [0.5, 0.6) is 5.75 Å². The van der Waals surface area contributed by atoms with Crippen LogP contribution in [-0.4, -0.2) is 43.3 Å². The highest BCUT2D eigenvalue weighted by atomic mass is 16.5. The van der Waals surface area contributed by atoms with Gasteiger partial charge in [-0.3, -0.25) is 0 Å². The second kappa shape index (κ2) is 8.01. The van der Waals surface area contributed by atoms with Gasteiger partial charge >= 0.3 is 6.03 Å². The third kappa shape index (κ3) is 4.08. The quantitative estimate of drug-likeness (QED) is 0.905. The Kier molecular flexibility index (Phi) is 5.30. The van der Waals surface area contributed by atoms with Crippen LogP contribution in [-0.2, 0) is 11.2 Å². The number of aryl methyl sites for hydroxylation is 1. The first kappa shape index (κ1) is 17.9. The molecule has 5 nitrogen and oxygen atoms in total. The number of morpholine rings is 1. The van der Waals surface area contributed by atoms with E-state index in [9.17, 15) is 4.79 Å². The standard InChI is InChI=1S/C22H26N2O3/c1-16-6-5-9-19-20(10-12-27-21(16)19)23-22(25)24-11-13-26-18(15-24)14-17-7-3-2-4-8-17/h2-9,18,20H,10-15H2,1H3,(H,23,25)/t18?,20-/m1/s1. The van der Waals surface area contributed by atoms with Gasteiger partial charge in [-0.25, -0.2) is 4.79 Å². The van der Waals surface area contributed by atoms with Gasteiger partial charge in [-0.1, -0.05) is 48.5 Å². The molecule has 0 bridgehead atoms. The van der Waals surface area contributed by atoms with E-state index in [0.717, 1.165) is 29.7 Å². The van der Waals surface area contributed by atoms with Crippen molar-refractivity contribution in [1.29, 1.82) is 0 Å². The molecule has 1 N–H and O–H groups in total. The number of rotatable bonds is 3. The van der Waals surface area contributed by atoms with Crippen molar-refractivity contribution in [2.24, 2.45) is 0 Å². The minimum Gasteiger partial charge on any atom is -0.493 e. The average Bonchev–Trinajstić information content (AvgIpc) is 2.70. The Morgan fingerprint density at radius 3 is 2.85 bits per heavy atom. The molecular weight excluding hydrogens is 340 g/mol. The minimum atomic E-state index is -0.0179. The summed E-state index contributed by atoms with van der Waals surface area (Å²) in [5, 5.41) is 3.21. The molecule has 0 spiro atoms. The van der Waals surface area contributed by atoms with Gasteiger partial charge in [0, 0.05) is 31.5 Å². The predicted molar refractivity (Wildman–Crippen MR) is 104 cm³/mol. The molecule has 0 saturated carbocycles. The van der Waals surface area contributed by atoms with E-state index < -0.39 is 0 Å². The molecule has 0 radical (unpaired) electrons. The first-order valence-electron chi connectivity index (χ1n) is 9.64. The van der Waals surface area contributed by atoms with Crippen LogP contribution in [0.1, 0.15) is 29.2 Å². The number of hydrogen-bond donors (Lipinski definition) is 1. The van der Waals surface area contributed by atoms with Crippen molar-refractivity contribution in [3.63, 3.8) is 0 Å². The van der Waals surface area contributed by atoms with Crippen molar-refractivity contribution in [1.82, 2.24) is 10.2 Å². The summed E-state index contributed by atoms with van der Waals surface area (Å²) < 4.78 is 11.7. The molecule has 1 saturated heterocycles. The highest BCUT2D eigenvalue weighted by Crippen LogP contribution is 2.34. The number of urea groups is 1. The summed E-state index contributed by atoms with van der Waals surface area (Å²) >= 11 is 0. The molecule has 2 atom stereocenters. The number of nitrogens with one attached hydrogen (secondary N) is 1. The third-order valence-electron chi connectivity index (χ3n) is 5.30. The maximum absolute atomic E-state index is 12.9. The van der Waals surface area contributed by atoms with Crippen molar-refractivity contribution < 1.29 is 14.3 Å². The highest BCUT2D eigenvalue weighted by molar-refractivity contribution is 5.75. The first-order chi connectivity index (χ1) is 13.2. The monoisotopic (exact) mass is 366 g/mol. The Labute approximate surface area is 160 Å². The lowest BCUT2D eigenvalue weighted by atomic mass is 9.98. The van der Waals surface area contributed by atoms with E-state index in [1.807, 2.05) is 48.2 Å². The van der Waals surface area contributed by atoms with Crippen LogP contribution in [0, 0.1) is 6.92 Å². The van der Waals surface area contributed by atoms with Crippen molar-refractivity contribution in [2.45, 2.75) is 31.9 Å². The predicted octanol–water partition coefficient (Wildman–Crippen LogP) is 3.47. The molecule has 4 rings (SSSR count). The van der Waals surface area contributed by atoms with Gasteiger partial charge in [0.05, 0.1) is 25.4 Å². The second-order valence-electron chi connectivity index (χ2n) is 7.26. The Balaban J connectivity index is 1.39. The minimum absolute atomic E-state index is 0.00318. The Morgan fingerprint density at radius 1 is 1.15 bits per heavy atom. The number of carbonyl (C=O) groups is 1. The molecule has 2 aliphatic rings. The molecule has 1 fully saturated rings. The maximum Gasteiger partial charge on any atom is 0.318 e. The van der Waals surface area contributed by atoms with Crippen molar-refractivity contribution in [2.75, 3.05) is 26.3 Å². The van der Waals surface area contributed by atoms with Gasteiger partial charge in [-0.15, -0.1) is 0 Å². The van der Waals surface area contributed by atoms with E-state index in [0.29, 0.717) is 26.3 Å². The Hall–Kier alpha value is -2.53. The molecule has 2 aromatic carbocycles. The van der Waals surface area contributed by atoms with Gasteiger partial charge in [-0.05, 0) is 18.1 Å². The average molecular weight is 366 g/mol. The zero-order valence-corrected chi connectivity index (χ0v) is 15.7. The Morgan fingerprint density at radius 2 is 2.00 bits per heavy atom. The number of amides is 2. The second-order valence-corrected chi connectivity index (χ2v) is 7.26. The molecule has 2 heterocycles. The van der Waals surface area contributed by atoms with E-state index in [1.165, 1.54) is 5.56 Å². The largest absolute Gasteiger partial charge is 0.493 e. The van der Waals surface area contributed by atoms with Gasteiger partial charge in [-0.2, -0.15) is 0 Å². The summed E-state index contributed by atoms with van der Waals surface area (Å²) in [6.45, 7) is 4.49.